The molecular formula is C18H25NO2. The molecule has 1 aliphatic rings. The van der Waals surface area contributed by atoms with Gasteiger partial charge in [0.2, 0.25) is 5.91 Å². The molecule has 1 unspecified atom stereocenters. The zero-order valence-corrected chi connectivity index (χ0v) is 13.1. The van der Waals surface area contributed by atoms with Crippen LogP contribution in [0.4, 0.5) is 0 Å². The second-order valence-electron chi connectivity index (χ2n) is 6.10. The van der Waals surface area contributed by atoms with Gasteiger partial charge in [-0.2, -0.15) is 0 Å². The molecule has 21 heavy (non-hydrogen) atoms. The van der Waals surface area contributed by atoms with Crippen LogP contribution in [0.5, 0.6) is 0 Å². The van der Waals surface area contributed by atoms with Gasteiger partial charge in [0.15, 0.2) is 0 Å². The van der Waals surface area contributed by atoms with Crippen molar-refractivity contribution in [2.75, 3.05) is 6.54 Å². The average Bonchev–Trinajstić information content (AvgIpc) is 2.66. The van der Waals surface area contributed by atoms with Gasteiger partial charge in [0.1, 0.15) is 5.78 Å². The number of Topliss-reactive ketones (excluding diaryl/α,β-unsaturated/α-hetero) is 1. The van der Waals surface area contributed by atoms with Gasteiger partial charge in [0, 0.05) is 19.0 Å². The number of rotatable bonds is 4. The van der Waals surface area contributed by atoms with Gasteiger partial charge in [-0.15, -0.1) is 0 Å². The van der Waals surface area contributed by atoms with Crippen LogP contribution in [-0.2, 0) is 16.0 Å². The van der Waals surface area contributed by atoms with Crippen molar-refractivity contribution in [2.45, 2.75) is 58.4 Å². The summed E-state index contributed by atoms with van der Waals surface area (Å²) in [5.74, 6) is 0.341. The van der Waals surface area contributed by atoms with Crippen molar-refractivity contribution in [1.82, 2.24) is 4.90 Å². The summed E-state index contributed by atoms with van der Waals surface area (Å²) in [6.07, 6.45) is 5.22. The highest BCUT2D eigenvalue weighted by Gasteiger charge is 2.26. The van der Waals surface area contributed by atoms with Gasteiger partial charge in [0.25, 0.3) is 0 Å². The molecule has 1 aromatic carbocycles. The zero-order valence-electron chi connectivity index (χ0n) is 13.1. The summed E-state index contributed by atoms with van der Waals surface area (Å²) >= 11 is 0. The van der Waals surface area contributed by atoms with Crippen molar-refractivity contribution in [2.24, 2.45) is 0 Å². The molecule has 114 valence electrons. The Hall–Kier alpha value is -1.64. The lowest BCUT2D eigenvalue weighted by Gasteiger charge is -2.30. The third-order valence-electron chi connectivity index (χ3n) is 4.32. The van der Waals surface area contributed by atoms with Crippen molar-refractivity contribution in [1.29, 1.82) is 0 Å². The van der Waals surface area contributed by atoms with Gasteiger partial charge in [-0.1, -0.05) is 37.1 Å². The highest BCUT2D eigenvalue weighted by atomic mass is 16.2. The van der Waals surface area contributed by atoms with Crippen LogP contribution in [0, 0.1) is 6.92 Å². The van der Waals surface area contributed by atoms with E-state index in [1.54, 1.807) is 6.92 Å². The van der Waals surface area contributed by atoms with Crippen molar-refractivity contribution in [3.05, 3.63) is 35.4 Å². The fraction of sp³-hybridized carbons (Fsp3) is 0.556. The number of amides is 1. The molecule has 1 amide bonds. The maximum Gasteiger partial charge on any atom is 0.227 e. The number of nitrogens with zero attached hydrogens (tertiary/aromatic N) is 1. The van der Waals surface area contributed by atoms with Crippen LogP contribution in [0.25, 0.3) is 0 Å². The Kier molecular flexibility index (Phi) is 5.54. The van der Waals surface area contributed by atoms with Crippen LogP contribution < -0.4 is 0 Å². The number of ketones is 1. The summed E-state index contributed by atoms with van der Waals surface area (Å²) in [6, 6.07) is 8.13. The van der Waals surface area contributed by atoms with Crippen LogP contribution in [-0.4, -0.2) is 29.2 Å². The first kappa shape index (κ1) is 15.7. The maximum atomic E-state index is 12.7. The quantitative estimate of drug-likeness (QED) is 0.852. The van der Waals surface area contributed by atoms with E-state index >= 15 is 0 Å². The molecule has 3 nitrogen and oxygen atoms in total. The highest BCUT2D eigenvalue weighted by molar-refractivity contribution is 5.81. The third kappa shape index (κ3) is 4.42. The molecule has 0 N–H and O–H groups in total. The molecule has 2 rings (SSSR count). The molecule has 0 radical (unpaired) electrons. The second-order valence-corrected chi connectivity index (χ2v) is 6.10. The molecule has 1 fully saturated rings. The van der Waals surface area contributed by atoms with E-state index in [0.717, 1.165) is 43.4 Å². The molecule has 1 saturated heterocycles. The molecule has 0 bridgehead atoms. The van der Waals surface area contributed by atoms with Gasteiger partial charge in [-0.05, 0) is 37.8 Å². The van der Waals surface area contributed by atoms with Crippen LogP contribution >= 0.6 is 0 Å². The Morgan fingerprint density at radius 3 is 2.67 bits per heavy atom. The number of aryl methyl sites for hydroxylation is 1. The van der Waals surface area contributed by atoms with E-state index in [1.807, 2.05) is 36.1 Å². The lowest BCUT2D eigenvalue weighted by atomic mass is 10.0. The van der Waals surface area contributed by atoms with Crippen LogP contribution in [0.1, 0.15) is 50.2 Å². The summed E-state index contributed by atoms with van der Waals surface area (Å²) in [5, 5.41) is 0. The average molecular weight is 287 g/mol. The Balaban J connectivity index is 2.10. The van der Waals surface area contributed by atoms with Gasteiger partial charge in [0.05, 0.1) is 6.42 Å². The van der Waals surface area contributed by atoms with Crippen molar-refractivity contribution in [3.8, 4) is 0 Å². The Bertz CT molecular complexity index is 510. The van der Waals surface area contributed by atoms with Gasteiger partial charge < -0.3 is 4.90 Å². The van der Waals surface area contributed by atoms with E-state index in [0.29, 0.717) is 12.8 Å². The first-order chi connectivity index (χ1) is 10.1. The van der Waals surface area contributed by atoms with E-state index < -0.39 is 0 Å². The number of likely N-dealkylation sites (tertiary alicyclic amines) is 1. The predicted molar refractivity (Wildman–Crippen MR) is 84.2 cm³/mol. The lowest BCUT2D eigenvalue weighted by molar-refractivity contribution is -0.133. The van der Waals surface area contributed by atoms with E-state index in [-0.39, 0.29) is 17.7 Å². The van der Waals surface area contributed by atoms with Gasteiger partial charge >= 0.3 is 0 Å². The maximum absolute atomic E-state index is 12.7. The van der Waals surface area contributed by atoms with Crippen LogP contribution in [0.3, 0.4) is 0 Å². The van der Waals surface area contributed by atoms with Gasteiger partial charge in [-0.3, -0.25) is 9.59 Å². The molecule has 1 atom stereocenters. The first-order valence-electron chi connectivity index (χ1n) is 7.91. The minimum Gasteiger partial charge on any atom is -0.339 e. The summed E-state index contributed by atoms with van der Waals surface area (Å²) in [4.78, 5) is 26.1. The molecule has 0 aromatic heterocycles. The number of benzene rings is 1. The number of carbonyl (C=O) groups excluding carboxylic acids is 2. The summed E-state index contributed by atoms with van der Waals surface area (Å²) < 4.78 is 0. The number of carbonyl (C=O) groups is 2. The SMILES string of the molecule is CC(=O)CC1CCCCCN1C(=O)Cc1ccccc1C. The molecule has 3 heteroatoms. The van der Waals surface area contributed by atoms with Crippen molar-refractivity contribution >= 4 is 11.7 Å². The van der Waals surface area contributed by atoms with Gasteiger partial charge in [-0.25, -0.2) is 0 Å². The van der Waals surface area contributed by atoms with E-state index in [9.17, 15) is 9.59 Å². The normalized spacial score (nSPS) is 19.1. The highest BCUT2D eigenvalue weighted by Crippen LogP contribution is 2.21. The Morgan fingerprint density at radius 2 is 1.95 bits per heavy atom. The largest absolute Gasteiger partial charge is 0.339 e. The standard InChI is InChI=1S/C18H25NO2/c1-14-8-5-6-9-16(14)13-18(21)19-11-7-3-4-10-17(19)12-15(2)20/h5-6,8-9,17H,3-4,7,10-13H2,1-2H3. The summed E-state index contributed by atoms with van der Waals surface area (Å²) in [5.41, 5.74) is 2.25. The fourth-order valence-electron chi connectivity index (χ4n) is 3.12. The minimum atomic E-state index is 0.0986. The molecule has 0 saturated carbocycles. The third-order valence-corrected chi connectivity index (χ3v) is 4.32. The van der Waals surface area contributed by atoms with Crippen molar-refractivity contribution < 1.29 is 9.59 Å². The lowest BCUT2D eigenvalue weighted by Crippen LogP contribution is -2.41. The second kappa shape index (κ2) is 7.39. The molecular weight excluding hydrogens is 262 g/mol. The van der Waals surface area contributed by atoms with Crippen molar-refractivity contribution in [3.63, 3.8) is 0 Å². The zero-order chi connectivity index (χ0) is 15.2. The predicted octanol–water partition coefficient (Wildman–Crippen LogP) is 3.29. The number of hydrogen-bond donors (Lipinski definition) is 0. The van der Waals surface area contributed by atoms with E-state index in [2.05, 4.69) is 0 Å². The molecule has 1 heterocycles. The monoisotopic (exact) mass is 287 g/mol. The van der Waals surface area contributed by atoms with Crippen LogP contribution in [0.2, 0.25) is 0 Å². The molecule has 0 spiro atoms. The smallest absolute Gasteiger partial charge is 0.227 e. The number of hydrogen-bond acceptors (Lipinski definition) is 2. The summed E-state index contributed by atoms with van der Waals surface area (Å²) in [7, 11) is 0. The van der Waals surface area contributed by atoms with E-state index in [4.69, 9.17) is 0 Å². The Morgan fingerprint density at radius 1 is 1.19 bits per heavy atom. The molecule has 1 aliphatic heterocycles. The van der Waals surface area contributed by atoms with E-state index in [1.165, 1.54) is 0 Å². The molecule has 0 aliphatic carbocycles. The fourth-order valence-corrected chi connectivity index (χ4v) is 3.12. The van der Waals surface area contributed by atoms with Crippen LogP contribution in [0.15, 0.2) is 24.3 Å². The topological polar surface area (TPSA) is 37.4 Å². The first-order valence-corrected chi connectivity index (χ1v) is 7.91. The minimum absolute atomic E-state index is 0.0986. The Labute approximate surface area is 127 Å². The summed E-state index contributed by atoms with van der Waals surface area (Å²) in [6.45, 7) is 4.45. The molecule has 1 aromatic rings.